The summed E-state index contributed by atoms with van der Waals surface area (Å²) in [5.41, 5.74) is 7.80. The Morgan fingerprint density at radius 3 is 2.69 bits per heavy atom. The second kappa shape index (κ2) is 6.32. The highest BCUT2D eigenvalue weighted by Crippen LogP contribution is 2.27. The van der Waals surface area contributed by atoms with Crippen molar-refractivity contribution in [2.24, 2.45) is 0 Å². The highest BCUT2D eigenvalue weighted by atomic mass is 16.3. The highest BCUT2D eigenvalue weighted by molar-refractivity contribution is 5.41. The average molecular weight is 225 g/mol. The quantitative estimate of drug-likeness (QED) is 0.325. The first kappa shape index (κ1) is 12.8. The summed E-state index contributed by atoms with van der Waals surface area (Å²) >= 11 is 0. The van der Waals surface area contributed by atoms with Crippen LogP contribution in [-0.4, -0.2) is 28.5 Å². The molecule has 0 heterocycles. The number of phenolic OH excluding ortho intramolecular Hbond substituents is 2. The summed E-state index contributed by atoms with van der Waals surface area (Å²) in [5, 5.41) is 27.0. The number of nitrogens with zero attached hydrogens (tertiary/aromatic N) is 1. The zero-order valence-electron chi connectivity index (χ0n) is 9.22. The lowest BCUT2D eigenvalue weighted by atomic mass is 10.1. The van der Waals surface area contributed by atoms with Crippen LogP contribution in [0, 0.1) is 0 Å². The molecule has 1 rings (SSSR count). The summed E-state index contributed by atoms with van der Waals surface area (Å²) in [7, 11) is 0. The summed E-state index contributed by atoms with van der Waals surface area (Å²) < 4.78 is 0. The maximum atomic E-state index is 9.31. The van der Waals surface area contributed by atoms with Gasteiger partial charge in [-0.2, -0.15) is 5.43 Å². The van der Waals surface area contributed by atoms with Crippen molar-refractivity contribution in [3.05, 3.63) is 23.8 Å². The zero-order chi connectivity index (χ0) is 12.0. The number of aliphatic hydroxyl groups is 1. The van der Waals surface area contributed by atoms with E-state index >= 15 is 0 Å². The molecule has 0 bridgehead atoms. The summed E-state index contributed by atoms with van der Waals surface area (Å²) in [6.07, 6.45) is 0.650. The number of rotatable bonds is 6. The predicted molar refractivity (Wildman–Crippen MR) is 60.0 cm³/mol. The first-order valence-electron chi connectivity index (χ1n) is 5.20. The van der Waals surface area contributed by atoms with Gasteiger partial charge in [0.2, 0.25) is 0 Å². The van der Waals surface area contributed by atoms with Crippen molar-refractivity contribution in [1.82, 2.24) is 10.9 Å². The van der Waals surface area contributed by atoms with Gasteiger partial charge in [-0.1, -0.05) is 6.07 Å². The molecular formula is C11H17N2O3. The van der Waals surface area contributed by atoms with E-state index in [1.165, 1.54) is 12.1 Å². The van der Waals surface area contributed by atoms with Crippen molar-refractivity contribution >= 4 is 0 Å². The van der Waals surface area contributed by atoms with E-state index in [2.05, 4.69) is 10.9 Å². The predicted octanol–water partition coefficient (Wildman–Crippen LogP) is 0.650. The summed E-state index contributed by atoms with van der Waals surface area (Å²) in [4.78, 5) is 0. The van der Waals surface area contributed by atoms with E-state index in [9.17, 15) is 5.11 Å². The van der Waals surface area contributed by atoms with E-state index in [0.29, 0.717) is 13.0 Å². The van der Waals surface area contributed by atoms with Gasteiger partial charge in [0.15, 0.2) is 11.5 Å². The molecule has 1 aromatic carbocycles. The Morgan fingerprint density at radius 2 is 2.06 bits per heavy atom. The number of hydrogen-bond acceptors (Lipinski definition) is 4. The van der Waals surface area contributed by atoms with Gasteiger partial charge in [-0.3, -0.25) is 0 Å². The monoisotopic (exact) mass is 225 g/mol. The van der Waals surface area contributed by atoms with Crippen LogP contribution < -0.4 is 10.9 Å². The van der Waals surface area contributed by atoms with E-state index in [4.69, 9.17) is 10.2 Å². The van der Waals surface area contributed by atoms with Crippen LogP contribution in [0.2, 0.25) is 0 Å². The minimum Gasteiger partial charge on any atom is -0.504 e. The standard InChI is InChI=1S/C11H17N2O3/c1-8(13-12-5-2-6-14)9-3-4-10(15)11(16)7-9/h3-4,7-8,12,14-16H,2,5-6H2,1H3. The highest BCUT2D eigenvalue weighted by Gasteiger charge is 2.08. The van der Waals surface area contributed by atoms with Crippen LogP contribution in [0.4, 0.5) is 0 Å². The molecule has 5 heteroatoms. The maximum absolute atomic E-state index is 9.31. The number of phenols is 2. The lowest BCUT2D eigenvalue weighted by Gasteiger charge is -2.13. The SMILES string of the molecule is CC([N]NCCCO)c1ccc(O)c(O)c1. The Hall–Kier alpha value is -1.30. The molecule has 0 aliphatic carbocycles. The molecular weight excluding hydrogens is 208 g/mol. The van der Waals surface area contributed by atoms with Gasteiger partial charge in [-0.25, -0.2) is 5.43 Å². The number of nitrogens with one attached hydrogen (secondary N) is 1. The second-order valence-corrected chi connectivity index (χ2v) is 3.54. The first-order valence-corrected chi connectivity index (χ1v) is 5.20. The van der Waals surface area contributed by atoms with Gasteiger partial charge in [-0.15, -0.1) is 0 Å². The van der Waals surface area contributed by atoms with Crippen LogP contribution in [0.5, 0.6) is 11.5 Å². The van der Waals surface area contributed by atoms with Crippen molar-refractivity contribution in [2.75, 3.05) is 13.2 Å². The minimum absolute atomic E-state index is 0.120. The number of hydrogen-bond donors (Lipinski definition) is 4. The topological polar surface area (TPSA) is 86.8 Å². The van der Waals surface area contributed by atoms with Crippen molar-refractivity contribution in [1.29, 1.82) is 0 Å². The molecule has 0 aliphatic heterocycles. The van der Waals surface area contributed by atoms with Crippen molar-refractivity contribution < 1.29 is 15.3 Å². The lowest BCUT2D eigenvalue weighted by molar-refractivity contribution is 0.279. The third-order valence-electron chi connectivity index (χ3n) is 2.21. The maximum Gasteiger partial charge on any atom is 0.157 e. The van der Waals surface area contributed by atoms with Crippen molar-refractivity contribution in [3.8, 4) is 11.5 Å². The van der Waals surface area contributed by atoms with Gasteiger partial charge in [0.25, 0.3) is 0 Å². The number of benzene rings is 1. The molecule has 1 atom stereocenters. The normalized spacial score (nSPS) is 12.6. The van der Waals surface area contributed by atoms with Crippen molar-refractivity contribution in [3.63, 3.8) is 0 Å². The van der Waals surface area contributed by atoms with Crippen LogP contribution in [0.3, 0.4) is 0 Å². The van der Waals surface area contributed by atoms with Crippen molar-refractivity contribution in [2.45, 2.75) is 19.4 Å². The average Bonchev–Trinajstić information content (AvgIpc) is 2.28. The van der Waals surface area contributed by atoms with Gasteiger partial charge in [-0.05, 0) is 31.0 Å². The van der Waals surface area contributed by atoms with Gasteiger partial charge in [0, 0.05) is 13.2 Å². The zero-order valence-corrected chi connectivity index (χ0v) is 9.22. The van der Waals surface area contributed by atoms with E-state index < -0.39 is 0 Å². The Bertz CT molecular complexity index is 331. The molecule has 4 N–H and O–H groups in total. The Balaban J connectivity index is 2.46. The molecule has 0 spiro atoms. The third kappa shape index (κ3) is 3.69. The van der Waals surface area contributed by atoms with E-state index in [0.717, 1.165) is 5.56 Å². The summed E-state index contributed by atoms with van der Waals surface area (Å²) in [5.74, 6) is -0.279. The van der Waals surface area contributed by atoms with Crippen LogP contribution in [0.25, 0.3) is 0 Å². The van der Waals surface area contributed by atoms with Gasteiger partial charge in [0.05, 0.1) is 6.04 Å². The second-order valence-electron chi connectivity index (χ2n) is 3.54. The lowest BCUT2D eigenvalue weighted by Crippen LogP contribution is -2.28. The molecule has 16 heavy (non-hydrogen) atoms. The van der Waals surface area contributed by atoms with Crippen LogP contribution in [0.15, 0.2) is 18.2 Å². The Morgan fingerprint density at radius 1 is 1.31 bits per heavy atom. The minimum atomic E-state index is -0.144. The molecule has 89 valence electrons. The largest absolute Gasteiger partial charge is 0.504 e. The fourth-order valence-electron chi connectivity index (χ4n) is 1.23. The van der Waals surface area contributed by atoms with Gasteiger partial charge in [0.1, 0.15) is 0 Å². The van der Waals surface area contributed by atoms with Crippen LogP contribution >= 0.6 is 0 Å². The fraction of sp³-hybridized carbons (Fsp3) is 0.455. The van der Waals surface area contributed by atoms with Crippen LogP contribution in [-0.2, 0) is 0 Å². The Kier molecular flexibility index (Phi) is 5.04. The molecule has 1 aromatic rings. The molecule has 0 saturated heterocycles. The number of aliphatic hydroxyl groups excluding tert-OH is 1. The van der Waals surface area contributed by atoms with Gasteiger partial charge >= 0.3 is 0 Å². The molecule has 0 saturated carbocycles. The van der Waals surface area contributed by atoms with E-state index in [1.807, 2.05) is 6.92 Å². The molecule has 1 unspecified atom stereocenters. The molecule has 0 fully saturated rings. The number of aromatic hydroxyl groups is 2. The summed E-state index contributed by atoms with van der Waals surface area (Å²) in [6.45, 7) is 2.62. The molecule has 0 aliphatic rings. The Labute approximate surface area is 94.7 Å². The third-order valence-corrected chi connectivity index (χ3v) is 2.21. The first-order chi connectivity index (χ1) is 7.65. The smallest absolute Gasteiger partial charge is 0.157 e. The van der Waals surface area contributed by atoms with E-state index in [1.54, 1.807) is 6.07 Å². The molecule has 0 aromatic heterocycles. The molecule has 1 radical (unpaired) electrons. The molecule has 5 nitrogen and oxygen atoms in total. The molecule has 0 amide bonds. The van der Waals surface area contributed by atoms with E-state index in [-0.39, 0.29) is 24.1 Å². The van der Waals surface area contributed by atoms with Crippen LogP contribution in [0.1, 0.15) is 24.9 Å². The summed E-state index contributed by atoms with van der Waals surface area (Å²) in [6, 6.07) is 4.50. The fourth-order valence-corrected chi connectivity index (χ4v) is 1.23. The van der Waals surface area contributed by atoms with Gasteiger partial charge < -0.3 is 15.3 Å².